The fourth-order valence-corrected chi connectivity index (χ4v) is 3.42. The zero-order valence-electron chi connectivity index (χ0n) is 8.73. The van der Waals surface area contributed by atoms with Crippen molar-refractivity contribution in [2.75, 3.05) is 7.05 Å². The lowest BCUT2D eigenvalue weighted by Gasteiger charge is -2.17. The Morgan fingerprint density at radius 3 is 3.07 bits per heavy atom. The van der Waals surface area contributed by atoms with Crippen molar-refractivity contribution in [1.29, 1.82) is 0 Å². The smallest absolute Gasteiger partial charge is 0.0625 e. The van der Waals surface area contributed by atoms with Crippen LogP contribution in [0.25, 0.3) is 0 Å². The van der Waals surface area contributed by atoms with Crippen LogP contribution in [0.3, 0.4) is 0 Å². The van der Waals surface area contributed by atoms with Crippen molar-refractivity contribution in [3.05, 3.63) is 12.4 Å². The summed E-state index contributed by atoms with van der Waals surface area (Å²) >= 11 is 1.96. The first-order valence-electron chi connectivity index (χ1n) is 5.12. The third-order valence-corrected chi connectivity index (χ3v) is 4.14. The van der Waals surface area contributed by atoms with Gasteiger partial charge in [-0.25, -0.2) is 0 Å². The highest BCUT2D eigenvalue weighted by Gasteiger charge is 2.26. The lowest BCUT2D eigenvalue weighted by molar-refractivity contribution is 0.591. The van der Waals surface area contributed by atoms with E-state index in [0.717, 1.165) is 5.25 Å². The predicted octanol–water partition coefficient (Wildman–Crippen LogP) is 1.65. The molecule has 1 aromatic heterocycles. The number of nitrogens with one attached hydrogen (secondary N) is 1. The maximum absolute atomic E-state index is 4.18. The summed E-state index contributed by atoms with van der Waals surface area (Å²) in [5.74, 6) is 0. The van der Waals surface area contributed by atoms with E-state index in [-0.39, 0.29) is 0 Å². The minimum atomic E-state index is 0.681. The van der Waals surface area contributed by atoms with E-state index in [1.807, 2.05) is 29.7 Å². The molecule has 0 aliphatic heterocycles. The second kappa shape index (κ2) is 4.36. The molecule has 1 heterocycles. The van der Waals surface area contributed by atoms with Crippen molar-refractivity contribution in [3.8, 4) is 0 Å². The first kappa shape index (κ1) is 10.1. The minimum Gasteiger partial charge on any atom is -0.316 e. The van der Waals surface area contributed by atoms with E-state index in [2.05, 4.69) is 23.7 Å². The standard InChI is InChI=1S/C10H17N3S/c1-11-9-4-3-5-10(9)14-8-6-12-13(2)7-8/h6-7,9-11H,3-5H2,1-2H3. The molecule has 4 heteroatoms. The van der Waals surface area contributed by atoms with Gasteiger partial charge in [-0.1, -0.05) is 6.42 Å². The van der Waals surface area contributed by atoms with E-state index >= 15 is 0 Å². The molecule has 2 atom stereocenters. The van der Waals surface area contributed by atoms with Gasteiger partial charge in [0.25, 0.3) is 0 Å². The maximum atomic E-state index is 4.18. The molecule has 1 aliphatic carbocycles. The van der Waals surface area contributed by atoms with Crippen LogP contribution in [0.5, 0.6) is 0 Å². The molecule has 2 rings (SSSR count). The molecule has 0 amide bonds. The fourth-order valence-electron chi connectivity index (χ4n) is 2.03. The monoisotopic (exact) mass is 211 g/mol. The van der Waals surface area contributed by atoms with Crippen molar-refractivity contribution in [3.63, 3.8) is 0 Å². The van der Waals surface area contributed by atoms with Crippen LogP contribution in [0.1, 0.15) is 19.3 Å². The van der Waals surface area contributed by atoms with E-state index in [1.165, 1.54) is 24.2 Å². The Labute approximate surface area is 89.3 Å². The average molecular weight is 211 g/mol. The molecule has 3 nitrogen and oxygen atoms in total. The molecule has 78 valence electrons. The van der Waals surface area contributed by atoms with Crippen molar-refractivity contribution in [1.82, 2.24) is 15.1 Å². The van der Waals surface area contributed by atoms with Gasteiger partial charge in [-0.2, -0.15) is 5.10 Å². The van der Waals surface area contributed by atoms with Crippen LogP contribution < -0.4 is 5.32 Å². The van der Waals surface area contributed by atoms with Gasteiger partial charge in [0.15, 0.2) is 0 Å². The molecular weight excluding hydrogens is 194 g/mol. The molecule has 1 fully saturated rings. The van der Waals surface area contributed by atoms with Gasteiger partial charge in [0.2, 0.25) is 0 Å². The van der Waals surface area contributed by atoms with Crippen molar-refractivity contribution >= 4 is 11.8 Å². The molecule has 14 heavy (non-hydrogen) atoms. The van der Waals surface area contributed by atoms with E-state index < -0.39 is 0 Å². The summed E-state index contributed by atoms with van der Waals surface area (Å²) in [7, 11) is 4.03. The summed E-state index contributed by atoms with van der Waals surface area (Å²) in [6, 6.07) is 0.681. The molecule has 1 N–H and O–H groups in total. The van der Waals surface area contributed by atoms with E-state index in [1.54, 1.807) is 0 Å². The molecule has 1 saturated carbocycles. The highest BCUT2D eigenvalue weighted by molar-refractivity contribution is 8.00. The lowest BCUT2D eigenvalue weighted by atomic mass is 10.2. The summed E-state index contributed by atoms with van der Waals surface area (Å²) in [5, 5.41) is 8.30. The number of aromatic nitrogens is 2. The molecule has 0 aromatic carbocycles. The Morgan fingerprint density at radius 2 is 2.43 bits per heavy atom. The molecule has 0 saturated heterocycles. The topological polar surface area (TPSA) is 29.9 Å². The fraction of sp³-hybridized carbons (Fsp3) is 0.700. The van der Waals surface area contributed by atoms with E-state index in [4.69, 9.17) is 0 Å². The highest BCUT2D eigenvalue weighted by Crippen LogP contribution is 2.34. The Hall–Kier alpha value is -0.480. The molecule has 0 spiro atoms. The molecule has 1 aromatic rings. The van der Waals surface area contributed by atoms with E-state index in [0.29, 0.717) is 6.04 Å². The summed E-state index contributed by atoms with van der Waals surface area (Å²) in [6.45, 7) is 0. The van der Waals surface area contributed by atoms with E-state index in [9.17, 15) is 0 Å². The predicted molar refractivity (Wildman–Crippen MR) is 59.6 cm³/mol. The Morgan fingerprint density at radius 1 is 1.57 bits per heavy atom. The van der Waals surface area contributed by atoms with Gasteiger partial charge in [-0.15, -0.1) is 11.8 Å². The second-order valence-electron chi connectivity index (χ2n) is 3.83. The van der Waals surface area contributed by atoms with Crippen LogP contribution in [-0.4, -0.2) is 28.1 Å². The Kier molecular flexibility index (Phi) is 3.13. The summed E-state index contributed by atoms with van der Waals surface area (Å²) in [6.07, 6.45) is 8.04. The third kappa shape index (κ3) is 2.12. The van der Waals surface area contributed by atoms with Crippen LogP contribution in [0.15, 0.2) is 17.3 Å². The molecule has 1 aliphatic rings. The first-order valence-corrected chi connectivity index (χ1v) is 6.00. The largest absolute Gasteiger partial charge is 0.316 e. The number of nitrogens with zero attached hydrogens (tertiary/aromatic N) is 2. The minimum absolute atomic E-state index is 0.681. The van der Waals surface area contributed by atoms with Crippen LogP contribution >= 0.6 is 11.8 Å². The van der Waals surface area contributed by atoms with Gasteiger partial charge in [0, 0.05) is 29.4 Å². The highest BCUT2D eigenvalue weighted by atomic mass is 32.2. The maximum Gasteiger partial charge on any atom is 0.0625 e. The Balaban J connectivity index is 1.96. The summed E-state index contributed by atoms with van der Waals surface area (Å²) in [5.41, 5.74) is 0. The van der Waals surface area contributed by atoms with Gasteiger partial charge in [0.05, 0.1) is 6.20 Å². The first-order chi connectivity index (χ1) is 6.79. The zero-order chi connectivity index (χ0) is 9.97. The van der Waals surface area contributed by atoms with Gasteiger partial charge in [-0.3, -0.25) is 4.68 Å². The van der Waals surface area contributed by atoms with Crippen LogP contribution in [0.4, 0.5) is 0 Å². The summed E-state index contributed by atoms with van der Waals surface area (Å²) < 4.78 is 1.87. The van der Waals surface area contributed by atoms with Crippen LogP contribution in [-0.2, 0) is 7.05 Å². The molecule has 2 unspecified atom stereocenters. The number of thioether (sulfide) groups is 1. The normalized spacial score (nSPS) is 27.0. The number of aryl methyl sites for hydroxylation is 1. The summed E-state index contributed by atoms with van der Waals surface area (Å²) in [4.78, 5) is 1.29. The second-order valence-corrected chi connectivity index (χ2v) is 5.14. The number of hydrogen-bond acceptors (Lipinski definition) is 3. The molecular formula is C10H17N3S. The quantitative estimate of drug-likeness (QED) is 0.824. The number of rotatable bonds is 3. The lowest BCUT2D eigenvalue weighted by Crippen LogP contribution is -2.30. The van der Waals surface area contributed by atoms with Gasteiger partial charge in [0.1, 0.15) is 0 Å². The SMILES string of the molecule is CNC1CCCC1Sc1cnn(C)c1. The van der Waals surface area contributed by atoms with Crippen molar-refractivity contribution in [2.24, 2.45) is 7.05 Å². The average Bonchev–Trinajstić information content (AvgIpc) is 2.76. The van der Waals surface area contributed by atoms with Crippen LogP contribution in [0, 0.1) is 0 Å². The molecule has 0 bridgehead atoms. The van der Waals surface area contributed by atoms with Gasteiger partial charge >= 0.3 is 0 Å². The van der Waals surface area contributed by atoms with Crippen molar-refractivity contribution < 1.29 is 0 Å². The zero-order valence-corrected chi connectivity index (χ0v) is 9.55. The van der Waals surface area contributed by atoms with Crippen LogP contribution in [0.2, 0.25) is 0 Å². The van der Waals surface area contributed by atoms with Crippen molar-refractivity contribution in [2.45, 2.75) is 35.4 Å². The third-order valence-electron chi connectivity index (χ3n) is 2.79. The Bertz CT molecular complexity index is 297. The number of hydrogen-bond donors (Lipinski definition) is 1. The van der Waals surface area contributed by atoms with Gasteiger partial charge < -0.3 is 5.32 Å². The molecule has 0 radical (unpaired) electrons. The van der Waals surface area contributed by atoms with Gasteiger partial charge in [-0.05, 0) is 19.9 Å².